The number of benzene rings is 1. The molecule has 15 heavy (non-hydrogen) atoms. The fourth-order valence-electron chi connectivity index (χ4n) is 2.08. The smallest absolute Gasteiger partial charge is 0.125 e. The molecule has 0 aromatic heterocycles. The summed E-state index contributed by atoms with van der Waals surface area (Å²) < 4.78 is 5.25. The molecule has 1 fully saturated rings. The number of phenolic OH excluding ortho intramolecular Hbond substituents is 1. The van der Waals surface area contributed by atoms with Crippen LogP contribution >= 0.6 is 0 Å². The minimum absolute atomic E-state index is 0.330. The Morgan fingerprint density at radius 2 is 2.27 bits per heavy atom. The molecule has 1 aliphatic heterocycles. The Balaban J connectivity index is 2.35. The number of phenols is 1. The topological polar surface area (TPSA) is 41.5 Å². The highest BCUT2D eigenvalue weighted by Crippen LogP contribution is 2.33. The maximum Gasteiger partial charge on any atom is 0.125 e. The SMILES string of the molecule is COc1cc(C2CCNC2)cc(O)c1C. The lowest BCUT2D eigenvalue weighted by molar-refractivity contribution is 0.401. The average molecular weight is 207 g/mol. The molecule has 1 heterocycles. The maximum atomic E-state index is 9.77. The van der Waals surface area contributed by atoms with Crippen molar-refractivity contribution in [1.29, 1.82) is 0 Å². The monoisotopic (exact) mass is 207 g/mol. The third-order valence-corrected chi connectivity index (χ3v) is 3.11. The molecule has 82 valence electrons. The molecule has 0 aliphatic carbocycles. The van der Waals surface area contributed by atoms with E-state index in [9.17, 15) is 5.11 Å². The van der Waals surface area contributed by atoms with Gasteiger partial charge in [0.15, 0.2) is 0 Å². The highest BCUT2D eigenvalue weighted by molar-refractivity contribution is 5.47. The van der Waals surface area contributed by atoms with Crippen molar-refractivity contribution in [2.24, 2.45) is 0 Å². The van der Waals surface area contributed by atoms with Crippen molar-refractivity contribution in [3.8, 4) is 11.5 Å². The van der Waals surface area contributed by atoms with Crippen molar-refractivity contribution in [2.45, 2.75) is 19.3 Å². The summed E-state index contributed by atoms with van der Waals surface area (Å²) in [5, 5.41) is 13.1. The molecule has 1 saturated heterocycles. The van der Waals surface area contributed by atoms with Gasteiger partial charge in [-0.2, -0.15) is 0 Å². The molecule has 0 amide bonds. The molecule has 1 aromatic rings. The molecule has 0 radical (unpaired) electrons. The summed E-state index contributed by atoms with van der Waals surface area (Å²) in [5.41, 5.74) is 1.98. The van der Waals surface area contributed by atoms with Crippen LogP contribution in [0.4, 0.5) is 0 Å². The Morgan fingerprint density at radius 1 is 1.47 bits per heavy atom. The van der Waals surface area contributed by atoms with Crippen LogP contribution in [-0.4, -0.2) is 25.3 Å². The molecule has 2 N–H and O–H groups in total. The lowest BCUT2D eigenvalue weighted by atomic mass is 9.96. The molecule has 1 aromatic carbocycles. The lowest BCUT2D eigenvalue weighted by Gasteiger charge is -2.13. The van der Waals surface area contributed by atoms with Crippen molar-refractivity contribution >= 4 is 0 Å². The van der Waals surface area contributed by atoms with Gasteiger partial charge in [0.05, 0.1) is 7.11 Å². The zero-order valence-corrected chi connectivity index (χ0v) is 9.21. The van der Waals surface area contributed by atoms with E-state index in [0.29, 0.717) is 11.7 Å². The maximum absolute atomic E-state index is 9.77. The van der Waals surface area contributed by atoms with E-state index in [1.165, 1.54) is 5.56 Å². The third kappa shape index (κ3) is 1.92. The second-order valence-corrected chi connectivity index (χ2v) is 4.06. The van der Waals surface area contributed by atoms with E-state index in [1.54, 1.807) is 7.11 Å². The Labute approximate surface area is 90.1 Å². The van der Waals surface area contributed by atoms with Crippen LogP contribution in [-0.2, 0) is 0 Å². The van der Waals surface area contributed by atoms with Crippen LogP contribution in [0.15, 0.2) is 12.1 Å². The molecule has 0 bridgehead atoms. The van der Waals surface area contributed by atoms with E-state index in [1.807, 2.05) is 19.1 Å². The molecule has 3 heteroatoms. The fourth-order valence-corrected chi connectivity index (χ4v) is 2.08. The van der Waals surface area contributed by atoms with Gasteiger partial charge in [0.25, 0.3) is 0 Å². The van der Waals surface area contributed by atoms with Gasteiger partial charge in [0, 0.05) is 12.1 Å². The normalized spacial score (nSPS) is 20.5. The van der Waals surface area contributed by atoms with E-state index in [0.717, 1.165) is 30.8 Å². The van der Waals surface area contributed by atoms with E-state index in [2.05, 4.69) is 5.32 Å². The Bertz CT molecular complexity index is 357. The van der Waals surface area contributed by atoms with Crippen LogP contribution in [0, 0.1) is 6.92 Å². The molecular formula is C12H17NO2. The minimum atomic E-state index is 0.330. The van der Waals surface area contributed by atoms with Crippen LogP contribution in [0.1, 0.15) is 23.5 Å². The second-order valence-electron chi connectivity index (χ2n) is 4.06. The molecule has 0 spiro atoms. The first-order valence-corrected chi connectivity index (χ1v) is 5.30. The molecule has 1 atom stereocenters. The van der Waals surface area contributed by atoms with Crippen LogP contribution in [0.25, 0.3) is 0 Å². The number of aromatic hydroxyl groups is 1. The summed E-state index contributed by atoms with van der Waals surface area (Å²) >= 11 is 0. The van der Waals surface area contributed by atoms with Gasteiger partial charge < -0.3 is 15.2 Å². The zero-order chi connectivity index (χ0) is 10.8. The van der Waals surface area contributed by atoms with Gasteiger partial charge in [0.1, 0.15) is 11.5 Å². The molecular weight excluding hydrogens is 190 g/mol. The van der Waals surface area contributed by atoms with Crippen LogP contribution < -0.4 is 10.1 Å². The van der Waals surface area contributed by atoms with Crippen LogP contribution in [0.5, 0.6) is 11.5 Å². The summed E-state index contributed by atoms with van der Waals surface area (Å²) in [5.74, 6) is 1.61. The van der Waals surface area contributed by atoms with Gasteiger partial charge in [-0.25, -0.2) is 0 Å². The molecule has 2 rings (SSSR count). The predicted octanol–water partition coefficient (Wildman–Crippen LogP) is 1.79. The first kappa shape index (κ1) is 10.3. The second kappa shape index (κ2) is 4.11. The standard InChI is InChI=1S/C12H17NO2/c1-8-11(14)5-10(6-12(8)15-2)9-3-4-13-7-9/h5-6,9,13-14H,3-4,7H2,1-2H3. The Hall–Kier alpha value is -1.22. The lowest BCUT2D eigenvalue weighted by Crippen LogP contribution is -2.08. The fraction of sp³-hybridized carbons (Fsp3) is 0.500. The number of methoxy groups -OCH3 is 1. The van der Waals surface area contributed by atoms with Crippen molar-refractivity contribution in [3.63, 3.8) is 0 Å². The first-order chi connectivity index (χ1) is 7.22. The Morgan fingerprint density at radius 3 is 2.87 bits per heavy atom. The number of hydrogen-bond donors (Lipinski definition) is 2. The summed E-state index contributed by atoms with van der Waals surface area (Å²) in [4.78, 5) is 0. The third-order valence-electron chi connectivity index (χ3n) is 3.11. The summed E-state index contributed by atoms with van der Waals surface area (Å²) in [6.07, 6.45) is 1.13. The van der Waals surface area contributed by atoms with Gasteiger partial charge in [-0.15, -0.1) is 0 Å². The van der Waals surface area contributed by atoms with E-state index in [4.69, 9.17) is 4.74 Å². The van der Waals surface area contributed by atoms with Gasteiger partial charge in [-0.3, -0.25) is 0 Å². The summed E-state index contributed by atoms with van der Waals surface area (Å²) in [7, 11) is 1.64. The van der Waals surface area contributed by atoms with Gasteiger partial charge in [0.2, 0.25) is 0 Å². The number of rotatable bonds is 2. The Kier molecular flexibility index (Phi) is 2.82. The molecule has 1 aliphatic rings. The number of hydrogen-bond acceptors (Lipinski definition) is 3. The highest BCUT2D eigenvalue weighted by atomic mass is 16.5. The number of nitrogens with one attached hydrogen (secondary N) is 1. The average Bonchev–Trinajstić information content (AvgIpc) is 2.75. The van der Waals surface area contributed by atoms with E-state index in [-0.39, 0.29) is 0 Å². The van der Waals surface area contributed by atoms with Gasteiger partial charge in [-0.05, 0) is 43.5 Å². The first-order valence-electron chi connectivity index (χ1n) is 5.30. The van der Waals surface area contributed by atoms with E-state index >= 15 is 0 Å². The molecule has 1 unspecified atom stereocenters. The zero-order valence-electron chi connectivity index (χ0n) is 9.21. The predicted molar refractivity (Wildman–Crippen MR) is 59.6 cm³/mol. The summed E-state index contributed by atoms with van der Waals surface area (Å²) in [6, 6.07) is 3.89. The summed E-state index contributed by atoms with van der Waals surface area (Å²) in [6.45, 7) is 3.91. The molecule has 3 nitrogen and oxygen atoms in total. The van der Waals surface area contributed by atoms with Crippen LogP contribution in [0.2, 0.25) is 0 Å². The quantitative estimate of drug-likeness (QED) is 0.776. The van der Waals surface area contributed by atoms with E-state index < -0.39 is 0 Å². The minimum Gasteiger partial charge on any atom is -0.508 e. The van der Waals surface area contributed by atoms with Crippen molar-refractivity contribution in [1.82, 2.24) is 5.32 Å². The highest BCUT2D eigenvalue weighted by Gasteiger charge is 2.19. The van der Waals surface area contributed by atoms with Gasteiger partial charge >= 0.3 is 0 Å². The number of ether oxygens (including phenoxy) is 1. The van der Waals surface area contributed by atoms with Crippen molar-refractivity contribution in [2.75, 3.05) is 20.2 Å². The molecule has 0 saturated carbocycles. The van der Waals surface area contributed by atoms with Gasteiger partial charge in [-0.1, -0.05) is 0 Å². The van der Waals surface area contributed by atoms with Crippen LogP contribution in [0.3, 0.4) is 0 Å². The van der Waals surface area contributed by atoms with Crippen molar-refractivity contribution in [3.05, 3.63) is 23.3 Å². The van der Waals surface area contributed by atoms with Crippen molar-refractivity contribution < 1.29 is 9.84 Å². The largest absolute Gasteiger partial charge is 0.508 e.